The molecular formula is C23H22BrFN2O4S. The Kier molecular flexibility index (Phi) is 8.00. The summed E-state index contributed by atoms with van der Waals surface area (Å²) in [5.74, 6) is -0.777. The third-order valence-electron chi connectivity index (χ3n) is 4.53. The third kappa shape index (κ3) is 6.38. The summed E-state index contributed by atoms with van der Waals surface area (Å²) in [5.41, 5.74) is 0.704. The molecule has 0 aliphatic heterocycles. The van der Waals surface area contributed by atoms with Crippen LogP contribution < -0.4 is 14.8 Å². The van der Waals surface area contributed by atoms with Gasteiger partial charge in [-0.15, -0.1) is 0 Å². The van der Waals surface area contributed by atoms with E-state index in [-0.39, 0.29) is 17.0 Å². The van der Waals surface area contributed by atoms with Crippen LogP contribution in [0.2, 0.25) is 0 Å². The maximum absolute atomic E-state index is 14.2. The van der Waals surface area contributed by atoms with Gasteiger partial charge in [0.05, 0.1) is 17.2 Å². The highest BCUT2D eigenvalue weighted by Gasteiger charge is 2.27. The van der Waals surface area contributed by atoms with Gasteiger partial charge in [0.1, 0.15) is 17.6 Å². The molecule has 2 N–H and O–H groups in total. The molecule has 0 spiro atoms. The number of hydrogen-bond acceptors (Lipinski definition) is 4. The second-order valence-corrected chi connectivity index (χ2v) is 9.51. The Balaban J connectivity index is 1.85. The van der Waals surface area contributed by atoms with Crippen LogP contribution in [-0.4, -0.2) is 27.0 Å². The van der Waals surface area contributed by atoms with Crippen LogP contribution in [0.4, 0.5) is 10.1 Å². The zero-order valence-corrected chi connectivity index (χ0v) is 19.6. The predicted molar refractivity (Wildman–Crippen MR) is 125 cm³/mol. The van der Waals surface area contributed by atoms with Crippen molar-refractivity contribution in [3.8, 4) is 5.75 Å². The lowest BCUT2D eigenvalue weighted by Crippen LogP contribution is -2.45. The van der Waals surface area contributed by atoms with Crippen LogP contribution in [0.25, 0.3) is 0 Å². The first-order valence-electron chi connectivity index (χ1n) is 9.83. The molecule has 9 heteroatoms. The van der Waals surface area contributed by atoms with E-state index in [9.17, 15) is 17.6 Å². The molecule has 0 saturated carbocycles. The van der Waals surface area contributed by atoms with Crippen LogP contribution in [-0.2, 0) is 21.2 Å². The Hall–Kier alpha value is -2.75. The number of nitrogens with one attached hydrogen (secondary N) is 2. The summed E-state index contributed by atoms with van der Waals surface area (Å²) in [5, 5.41) is 2.48. The molecule has 0 heterocycles. The summed E-state index contributed by atoms with van der Waals surface area (Å²) < 4.78 is 48.4. The highest BCUT2D eigenvalue weighted by atomic mass is 79.9. The van der Waals surface area contributed by atoms with Gasteiger partial charge in [-0.3, -0.25) is 4.79 Å². The minimum absolute atomic E-state index is 0.0124. The van der Waals surface area contributed by atoms with E-state index in [1.807, 2.05) is 13.0 Å². The fourth-order valence-electron chi connectivity index (χ4n) is 2.99. The van der Waals surface area contributed by atoms with E-state index < -0.39 is 27.8 Å². The van der Waals surface area contributed by atoms with Gasteiger partial charge in [-0.2, -0.15) is 4.72 Å². The number of amides is 1. The van der Waals surface area contributed by atoms with Gasteiger partial charge >= 0.3 is 0 Å². The number of benzene rings is 3. The van der Waals surface area contributed by atoms with Crippen molar-refractivity contribution in [1.29, 1.82) is 0 Å². The van der Waals surface area contributed by atoms with Crippen molar-refractivity contribution < 1.29 is 22.3 Å². The molecule has 1 amide bonds. The first-order valence-corrected chi connectivity index (χ1v) is 12.1. The second kappa shape index (κ2) is 10.7. The minimum atomic E-state index is -4.03. The lowest BCUT2D eigenvalue weighted by Gasteiger charge is -2.19. The van der Waals surface area contributed by atoms with Gasteiger partial charge < -0.3 is 10.1 Å². The van der Waals surface area contributed by atoms with Gasteiger partial charge in [0.2, 0.25) is 15.9 Å². The van der Waals surface area contributed by atoms with Crippen molar-refractivity contribution in [3.05, 3.63) is 88.6 Å². The lowest BCUT2D eigenvalue weighted by atomic mass is 10.1. The normalized spacial score (nSPS) is 12.2. The summed E-state index contributed by atoms with van der Waals surface area (Å²) in [4.78, 5) is 13.0. The average Bonchev–Trinajstić information content (AvgIpc) is 2.76. The zero-order valence-electron chi connectivity index (χ0n) is 17.2. The van der Waals surface area contributed by atoms with Crippen LogP contribution in [0.3, 0.4) is 0 Å². The van der Waals surface area contributed by atoms with E-state index in [0.717, 1.165) is 5.56 Å². The molecule has 0 radical (unpaired) electrons. The Morgan fingerprint density at radius 3 is 2.38 bits per heavy atom. The van der Waals surface area contributed by atoms with Crippen LogP contribution in [0.1, 0.15) is 12.5 Å². The van der Waals surface area contributed by atoms with Gasteiger partial charge in [-0.05, 0) is 61.4 Å². The Morgan fingerprint density at radius 2 is 1.75 bits per heavy atom. The summed E-state index contributed by atoms with van der Waals surface area (Å²) in [6.45, 7) is 2.28. The highest BCUT2D eigenvalue weighted by molar-refractivity contribution is 9.10. The predicted octanol–water partition coefficient (Wildman–Crippen LogP) is 4.52. The number of ether oxygens (including phenoxy) is 1. The van der Waals surface area contributed by atoms with Crippen molar-refractivity contribution in [3.63, 3.8) is 0 Å². The van der Waals surface area contributed by atoms with Crippen molar-refractivity contribution in [2.45, 2.75) is 24.3 Å². The van der Waals surface area contributed by atoms with Crippen molar-refractivity contribution in [2.24, 2.45) is 0 Å². The molecule has 6 nitrogen and oxygen atoms in total. The average molecular weight is 521 g/mol. The van der Waals surface area contributed by atoms with E-state index in [1.165, 1.54) is 24.3 Å². The van der Waals surface area contributed by atoms with Gasteiger partial charge in [0, 0.05) is 4.47 Å². The number of sulfonamides is 1. The van der Waals surface area contributed by atoms with Gasteiger partial charge in [-0.25, -0.2) is 12.8 Å². The van der Waals surface area contributed by atoms with Crippen LogP contribution in [0.15, 0.2) is 82.2 Å². The van der Waals surface area contributed by atoms with Gasteiger partial charge in [0.25, 0.3) is 0 Å². The molecule has 1 unspecified atom stereocenters. The SMILES string of the molecule is CCOc1ccc(S(=O)(=O)NC(Cc2ccccc2)C(=O)Nc2ccc(Br)cc2F)cc1. The third-order valence-corrected chi connectivity index (χ3v) is 6.51. The summed E-state index contributed by atoms with van der Waals surface area (Å²) in [6.07, 6.45) is 0.0844. The zero-order chi connectivity index (χ0) is 23.1. The molecule has 0 aliphatic carbocycles. The summed E-state index contributed by atoms with van der Waals surface area (Å²) >= 11 is 3.16. The molecule has 168 valence electrons. The van der Waals surface area contributed by atoms with Crippen molar-refractivity contribution in [1.82, 2.24) is 4.72 Å². The molecule has 32 heavy (non-hydrogen) atoms. The number of carbonyl (C=O) groups is 1. The fourth-order valence-corrected chi connectivity index (χ4v) is 4.51. The molecule has 3 rings (SSSR count). The maximum Gasteiger partial charge on any atom is 0.242 e. The maximum atomic E-state index is 14.2. The number of anilines is 1. The molecular weight excluding hydrogens is 499 g/mol. The number of hydrogen-bond donors (Lipinski definition) is 2. The Bertz CT molecular complexity index is 1170. The van der Waals surface area contributed by atoms with Crippen molar-refractivity contribution in [2.75, 3.05) is 11.9 Å². The topological polar surface area (TPSA) is 84.5 Å². The smallest absolute Gasteiger partial charge is 0.242 e. The first-order chi connectivity index (χ1) is 15.3. The molecule has 0 saturated heterocycles. The summed E-state index contributed by atoms with van der Waals surface area (Å²) in [6, 6.07) is 17.9. The molecule has 0 aromatic heterocycles. The molecule has 0 aliphatic rings. The summed E-state index contributed by atoms with van der Waals surface area (Å²) in [7, 11) is -4.03. The fraction of sp³-hybridized carbons (Fsp3) is 0.174. The Morgan fingerprint density at radius 1 is 1.06 bits per heavy atom. The van der Waals surface area contributed by atoms with Crippen molar-refractivity contribution >= 4 is 37.5 Å². The van der Waals surface area contributed by atoms with Crippen LogP contribution >= 0.6 is 15.9 Å². The number of rotatable bonds is 9. The molecule has 1 atom stereocenters. The quantitative estimate of drug-likeness (QED) is 0.434. The Labute approximate surface area is 195 Å². The van der Waals surface area contributed by atoms with Gasteiger partial charge in [-0.1, -0.05) is 46.3 Å². The second-order valence-electron chi connectivity index (χ2n) is 6.88. The monoisotopic (exact) mass is 520 g/mol. The standard InChI is InChI=1S/C23H22BrFN2O4S/c1-2-31-18-9-11-19(12-10-18)32(29,30)27-22(14-16-6-4-3-5-7-16)23(28)26-21-13-8-17(24)15-20(21)25/h3-13,15,22,27H,2,14H2,1H3,(H,26,28). The van der Waals surface area contributed by atoms with E-state index in [2.05, 4.69) is 26.0 Å². The van der Waals surface area contributed by atoms with E-state index >= 15 is 0 Å². The molecule has 0 fully saturated rings. The van der Waals surface area contributed by atoms with E-state index in [4.69, 9.17) is 4.74 Å². The van der Waals surface area contributed by atoms with E-state index in [0.29, 0.717) is 16.8 Å². The minimum Gasteiger partial charge on any atom is -0.494 e. The van der Waals surface area contributed by atoms with E-state index in [1.54, 1.807) is 42.5 Å². The van der Waals surface area contributed by atoms with Crippen LogP contribution in [0, 0.1) is 5.82 Å². The van der Waals surface area contributed by atoms with Crippen LogP contribution in [0.5, 0.6) is 5.75 Å². The molecule has 3 aromatic rings. The molecule has 3 aromatic carbocycles. The molecule has 0 bridgehead atoms. The number of carbonyl (C=O) groups excluding carboxylic acids is 1. The lowest BCUT2D eigenvalue weighted by molar-refractivity contribution is -0.117. The largest absolute Gasteiger partial charge is 0.494 e. The number of halogens is 2. The highest BCUT2D eigenvalue weighted by Crippen LogP contribution is 2.21. The van der Waals surface area contributed by atoms with Gasteiger partial charge in [0.15, 0.2) is 0 Å². The first kappa shape index (κ1) is 23.9.